The molecule has 0 aliphatic heterocycles. The highest BCUT2D eigenvalue weighted by Crippen LogP contribution is 2.18. The first-order chi connectivity index (χ1) is 6.31. The molecule has 0 aliphatic carbocycles. The third kappa shape index (κ3) is 1.33. The van der Waals surface area contributed by atoms with Gasteiger partial charge in [-0.05, 0) is 17.7 Å². The van der Waals surface area contributed by atoms with E-state index in [1.807, 2.05) is 37.3 Å². The number of benzene rings is 2. The molecule has 1 heteroatoms. The Balaban J connectivity index is 2.86. The molecular weight excluding hydrogens is 160 g/mol. The maximum absolute atomic E-state index is 10.7. The summed E-state index contributed by atoms with van der Waals surface area (Å²) in [6.07, 6.45) is 0.905. The maximum Gasteiger partial charge on any atom is 0.150 e. The van der Waals surface area contributed by atoms with Crippen LogP contribution in [0.3, 0.4) is 0 Å². The zero-order valence-corrected chi connectivity index (χ0v) is 7.45. The Labute approximate surface area is 77.0 Å². The average Bonchev–Trinajstić information content (AvgIpc) is 2.17. The van der Waals surface area contributed by atoms with Crippen molar-refractivity contribution >= 4 is 17.1 Å². The Morgan fingerprint density at radius 1 is 1.15 bits per heavy atom. The summed E-state index contributed by atoms with van der Waals surface area (Å²) in [5.41, 5.74) is 1.95. The average molecular weight is 170 g/mol. The fraction of sp³-hybridized carbons (Fsp3) is 0.0833. The fourth-order valence-corrected chi connectivity index (χ4v) is 1.51. The van der Waals surface area contributed by atoms with Crippen LogP contribution in [-0.4, -0.2) is 6.29 Å². The molecular formula is C12H10O. The Bertz CT molecular complexity index is 458. The summed E-state index contributed by atoms with van der Waals surface area (Å²) in [5.74, 6) is 0. The van der Waals surface area contributed by atoms with Crippen LogP contribution in [0.2, 0.25) is 0 Å². The molecule has 64 valence electrons. The molecule has 0 N–H and O–H groups in total. The lowest BCUT2D eigenvalue weighted by Gasteiger charge is -2.01. The normalized spacial score (nSPS) is 10.2. The lowest BCUT2D eigenvalue weighted by atomic mass is 10.0. The molecule has 1 nitrogen and oxygen atoms in total. The van der Waals surface area contributed by atoms with Gasteiger partial charge >= 0.3 is 0 Å². The molecule has 2 aromatic carbocycles. The molecule has 0 amide bonds. The molecule has 0 spiro atoms. The topological polar surface area (TPSA) is 17.1 Å². The van der Waals surface area contributed by atoms with E-state index in [-0.39, 0.29) is 0 Å². The molecule has 2 rings (SSSR count). The van der Waals surface area contributed by atoms with Crippen LogP contribution in [0.4, 0.5) is 0 Å². The second kappa shape index (κ2) is 3.02. The second-order valence-electron chi connectivity index (χ2n) is 3.19. The van der Waals surface area contributed by atoms with Gasteiger partial charge in [0.1, 0.15) is 0 Å². The molecule has 0 unspecified atom stereocenters. The molecule has 0 saturated carbocycles. The minimum Gasteiger partial charge on any atom is -0.298 e. The molecule has 0 bridgehead atoms. The number of carbonyl (C=O) groups is 1. The van der Waals surface area contributed by atoms with Crippen LogP contribution in [0.1, 0.15) is 15.9 Å². The highest BCUT2D eigenvalue weighted by atomic mass is 16.1. The summed E-state index contributed by atoms with van der Waals surface area (Å²) in [6.45, 7) is 2.03. The Kier molecular flexibility index (Phi) is 1.85. The van der Waals surface area contributed by atoms with E-state index in [0.717, 1.165) is 22.6 Å². The molecule has 0 radical (unpaired) electrons. The maximum atomic E-state index is 10.7. The fourth-order valence-electron chi connectivity index (χ4n) is 1.51. The zero-order valence-electron chi connectivity index (χ0n) is 7.45. The summed E-state index contributed by atoms with van der Waals surface area (Å²) in [6, 6.07) is 11.9. The van der Waals surface area contributed by atoms with Crippen molar-refractivity contribution < 1.29 is 4.79 Å². The number of hydrogen-bond acceptors (Lipinski definition) is 1. The number of fused-ring (bicyclic) bond motifs is 1. The van der Waals surface area contributed by atoms with Crippen molar-refractivity contribution in [1.82, 2.24) is 0 Å². The first-order valence-electron chi connectivity index (χ1n) is 4.26. The predicted octanol–water partition coefficient (Wildman–Crippen LogP) is 2.96. The third-order valence-electron chi connectivity index (χ3n) is 2.20. The van der Waals surface area contributed by atoms with Crippen molar-refractivity contribution in [3.8, 4) is 0 Å². The highest BCUT2D eigenvalue weighted by Gasteiger charge is 1.98. The van der Waals surface area contributed by atoms with Gasteiger partial charge in [-0.1, -0.05) is 42.0 Å². The van der Waals surface area contributed by atoms with Crippen LogP contribution in [0.15, 0.2) is 36.4 Å². The van der Waals surface area contributed by atoms with Crippen molar-refractivity contribution in [2.75, 3.05) is 0 Å². The van der Waals surface area contributed by atoms with Crippen molar-refractivity contribution in [2.45, 2.75) is 6.92 Å². The SMILES string of the molecule is Cc1ccc2cccc(C=O)c2c1. The predicted molar refractivity (Wildman–Crippen MR) is 54.1 cm³/mol. The minimum absolute atomic E-state index is 0.765. The van der Waals surface area contributed by atoms with E-state index in [2.05, 4.69) is 6.07 Å². The van der Waals surface area contributed by atoms with E-state index in [9.17, 15) is 4.79 Å². The summed E-state index contributed by atoms with van der Waals surface area (Å²) in [4.78, 5) is 10.7. The molecule has 0 atom stereocenters. The van der Waals surface area contributed by atoms with Crippen molar-refractivity contribution in [3.63, 3.8) is 0 Å². The van der Waals surface area contributed by atoms with Gasteiger partial charge in [0.15, 0.2) is 6.29 Å². The van der Waals surface area contributed by atoms with Gasteiger partial charge in [-0.25, -0.2) is 0 Å². The van der Waals surface area contributed by atoms with E-state index in [4.69, 9.17) is 0 Å². The van der Waals surface area contributed by atoms with Gasteiger partial charge < -0.3 is 0 Å². The lowest BCUT2D eigenvalue weighted by Crippen LogP contribution is -1.83. The zero-order chi connectivity index (χ0) is 9.26. The van der Waals surface area contributed by atoms with Crippen molar-refractivity contribution in [2.24, 2.45) is 0 Å². The van der Waals surface area contributed by atoms with Crippen molar-refractivity contribution in [1.29, 1.82) is 0 Å². The summed E-state index contributed by atoms with van der Waals surface area (Å²) >= 11 is 0. The summed E-state index contributed by atoms with van der Waals surface area (Å²) in [7, 11) is 0. The lowest BCUT2D eigenvalue weighted by molar-refractivity contribution is 0.112. The molecule has 0 saturated heterocycles. The van der Waals surface area contributed by atoms with Crippen LogP contribution in [-0.2, 0) is 0 Å². The quantitative estimate of drug-likeness (QED) is 0.601. The molecule has 0 aromatic heterocycles. The molecule has 0 aliphatic rings. The number of aldehydes is 1. The molecule has 0 fully saturated rings. The Morgan fingerprint density at radius 2 is 2.00 bits per heavy atom. The Hall–Kier alpha value is -1.63. The van der Waals surface area contributed by atoms with Gasteiger partial charge in [-0.3, -0.25) is 4.79 Å². The van der Waals surface area contributed by atoms with E-state index < -0.39 is 0 Å². The van der Waals surface area contributed by atoms with Gasteiger partial charge in [-0.15, -0.1) is 0 Å². The number of carbonyl (C=O) groups excluding carboxylic acids is 1. The standard InChI is InChI=1S/C12H10O/c1-9-5-6-10-3-2-4-11(8-13)12(10)7-9/h2-8H,1H3. The monoisotopic (exact) mass is 170 g/mol. The van der Waals surface area contributed by atoms with Gasteiger partial charge in [-0.2, -0.15) is 0 Å². The largest absolute Gasteiger partial charge is 0.298 e. The first kappa shape index (κ1) is 7.99. The van der Waals surface area contributed by atoms with E-state index in [0.29, 0.717) is 0 Å². The number of hydrogen-bond donors (Lipinski definition) is 0. The van der Waals surface area contributed by atoms with Crippen LogP contribution < -0.4 is 0 Å². The summed E-state index contributed by atoms with van der Waals surface area (Å²) < 4.78 is 0. The van der Waals surface area contributed by atoms with Crippen LogP contribution >= 0.6 is 0 Å². The van der Waals surface area contributed by atoms with Gasteiger partial charge in [0, 0.05) is 5.56 Å². The minimum atomic E-state index is 0.765. The number of aryl methyl sites for hydroxylation is 1. The first-order valence-corrected chi connectivity index (χ1v) is 4.26. The van der Waals surface area contributed by atoms with Gasteiger partial charge in [0.05, 0.1) is 0 Å². The molecule has 13 heavy (non-hydrogen) atoms. The highest BCUT2D eigenvalue weighted by molar-refractivity contribution is 5.98. The van der Waals surface area contributed by atoms with E-state index in [1.54, 1.807) is 0 Å². The van der Waals surface area contributed by atoms with E-state index >= 15 is 0 Å². The van der Waals surface area contributed by atoms with Crippen molar-refractivity contribution in [3.05, 3.63) is 47.5 Å². The number of rotatable bonds is 1. The third-order valence-corrected chi connectivity index (χ3v) is 2.20. The second-order valence-corrected chi connectivity index (χ2v) is 3.19. The van der Waals surface area contributed by atoms with E-state index in [1.165, 1.54) is 5.56 Å². The molecule has 2 aromatic rings. The Morgan fingerprint density at radius 3 is 2.77 bits per heavy atom. The summed E-state index contributed by atoms with van der Waals surface area (Å²) in [5, 5.41) is 2.16. The van der Waals surface area contributed by atoms with Crippen LogP contribution in [0.25, 0.3) is 10.8 Å². The van der Waals surface area contributed by atoms with Gasteiger partial charge in [0.25, 0.3) is 0 Å². The van der Waals surface area contributed by atoms with Gasteiger partial charge in [0.2, 0.25) is 0 Å². The van der Waals surface area contributed by atoms with Crippen LogP contribution in [0.5, 0.6) is 0 Å². The van der Waals surface area contributed by atoms with Crippen LogP contribution in [0, 0.1) is 6.92 Å². The smallest absolute Gasteiger partial charge is 0.150 e. The molecule has 0 heterocycles.